The van der Waals surface area contributed by atoms with E-state index in [1.165, 1.54) is 23.7 Å². The highest BCUT2D eigenvalue weighted by molar-refractivity contribution is 7.98. The molecule has 0 spiro atoms. The van der Waals surface area contributed by atoms with Gasteiger partial charge >= 0.3 is 0 Å². The van der Waals surface area contributed by atoms with Crippen molar-refractivity contribution in [3.8, 4) is 10.4 Å². The van der Waals surface area contributed by atoms with Crippen LogP contribution in [0.4, 0.5) is 0 Å². The standard InChI is InChI=1S/C16H18N2O4S2/c1-9(19)14(16(21)18-22)17-15(20)13-8-7-12(24-13)10-3-5-11(23-2)6-4-10/h3-9,14,19,22H,1-2H3,(H,17,20)(H,18,21)/t9-,14+/m1/s1. The highest BCUT2D eigenvalue weighted by Gasteiger charge is 2.26. The molecule has 24 heavy (non-hydrogen) atoms. The number of hydroxylamine groups is 1. The average Bonchev–Trinajstić information content (AvgIpc) is 3.08. The van der Waals surface area contributed by atoms with Gasteiger partial charge in [-0.05, 0) is 43.0 Å². The first kappa shape index (κ1) is 18.5. The number of thioether (sulfide) groups is 1. The SMILES string of the molecule is CSc1ccc(-c2ccc(C(=O)N[C@H](C(=O)NO)[C@@H](C)O)s2)cc1. The zero-order valence-corrected chi connectivity index (χ0v) is 14.8. The molecule has 4 N–H and O–H groups in total. The molecule has 0 aliphatic heterocycles. The van der Waals surface area contributed by atoms with Gasteiger partial charge in [0.05, 0.1) is 11.0 Å². The summed E-state index contributed by atoms with van der Waals surface area (Å²) in [5.41, 5.74) is 2.43. The van der Waals surface area contributed by atoms with Gasteiger partial charge in [-0.1, -0.05) is 12.1 Å². The third-order valence-electron chi connectivity index (χ3n) is 3.37. The fraction of sp³-hybridized carbons (Fsp3) is 0.250. The Morgan fingerprint density at radius 3 is 2.38 bits per heavy atom. The van der Waals surface area contributed by atoms with Gasteiger partial charge in [-0.25, -0.2) is 5.48 Å². The van der Waals surface area contributed by atoms with E-state index in [4.69, 9.17) is 5.21 Å². The maximum atomic E-state index is 12.2. The van der Waals surface area contributed by atoms with E-state index in [0.29, 0.717) is 4.88 Å². The molecule has 2 amide bonds. The number of rotatable bonds is 6. The van der Waals surface area contributed by atoms with Crippen molar-refractivity contribution in [2.75, 3.05) is 6.26 Å². The van der Waals surface area contributed by atoms with Crippen LogP contribution in [0.3, 0.4) is 0 Å². The lowest BCUT2D eigenvalue weighted by Crippen LogP contribution is -2.51. The summed E-state index contributed by atoms with van der Waals surface area (Å²) in [6, 6.07) is 10.2. The van der Waals surface area contributed by atoms with Crippen molar-refractivity contribution in [1.82, 2.24) is 10.8 Å². The number of hydrogen-bond donors (Lipinski definition) is 4. The third kappa shape index (κ3) is 4.35. The Labute approximate surface area is 147 Å². The number of thiophene rings is 1. The van der Waals surface area contributed by atoms with E-state index in [9.17, 15) is 14.7 Å². The summed E-state index contributed by atoms with van der Waals surface area (Å²) in [4.78, 5) is 26.2. The minimum absolute atomic E-state index is 0.412. The fourth-order valence-corrected chi connectivity index (χ4v) is 3.38. The molecule has 2 atom stereocenters. The predicted molar refractivity (Wildman–Crippen MR) is 94.4 cm³/mol. The second-order valence-corrected chi connectivity index (χ2v) is 7.02. The molecule has 128 valence electrons. The number of carbonyl (C=O) groups excluding carboxylic acids is 2. The Bertz CT molecular complexity index is 713. The van der Waals surface area contributed by atoms with Crippen LogP contribution in [0.1, 0.15) is 16.6 Å². The Kier molecular flexibility index (Phi) is 6.38. The van der Waals surface area contributed by atoms with E-state index in [1.54, 1.807) is 17.8 Å². The van der Waals surface area contributed by atoms with Crippen molar-refractivity contribution in [2.45, 2.75) is 24.0 Å². The highest BCUT2D eigenvalue weighted by atomic mass is 32.2. The monoisotopic (exact) mass is 366 g/mol. The van der Waals surface area contributed by atoms with Crippen LogP contribution < -0.4 is 10.8 Å². The third-order valence-corrected chi connectivity index (χ3v) is 5.24. The van der Waals surface area contributed by atoms with Crippen LogP contribution in [0.5, 0.6) is 0 Å². The van der Waals surface area contributed by atoms with Crippen LogP contribution in [-0.4, -0.2) is 40.5 Å². The summed E-state index contributed by atoms with van der Waals surface area (Å²) < 4.78 is 0. The fourth-order valence-electron chi connectivity index (χ4n) is 2.06. The lowest BCUT2D eigenvalue weighted by molar-refractivity contribution is -0.133. The van der Waals surface area contributed by atoms with Crippen LogP contribution >= 0.6 is 23.1 Å². The molecule has 6 nitrogen and oxygen atoms in total. The quantitative estimate of drug-likeness (QED) is 0.357. The van der Waals surface area contributed by atoms with Crippen LogP contribution in [0.25, 0.3) is 10.4 Å². The average molecular weight is 366 g/mol. The van der Waals surface area contributed by atoms with Crippen LogP contribution in [0, 0.1) is 0 Å². The van der Waals surface area contributed by atoms with Crippen molar-refractivity contribution in [2.24, 2.45) is 0 Å². The van der Waals surface area contributed by atoms with Crippen molar-refractivity contribution >= 4 is 34.9 Å². The van der Waals surface area contributed by atoms with Gasteiger partial charge in [0, 0.05) is 9.77 Å². The highest BCUT2D eigenvalue weighted by Crippen LogP contribution is 2.29. The lowest BCUT2D eigenvalue weighted by atomic mass is 10.1. The maximum Gasteiger partial charge on any atom is 0.268 e. The molecule has 0 radical (unpaired) electrons. The van der Waals surface area contributed by atoms with Crippen molar-refractivity contribution < 1.29 is 19.9 Å². The normalized spacial score (nSPS) is 13.2. The first-order valence-corrected chi connectivity index (χ1v) is 9.17. The van der Waals surface area contributed by atoms with Crippen LogP contribution in [0.2, 0.25) is 0 Å². The molecule has 0 aliphatic rings. The van der Waals surface area contributed by atoms with Gasteiger partial charge < -0.3 is 10.4 Å². The number of aliphatic hydroxyl groups excluding tert-OH is 1. The molecule has 0 bridgehead atoms. The molecule has 0 fully saturated rings. The minimum Gasteiger partial charge on any atom is -0.391 e. The number of carbonyl (C=O) groups is 2. The smallest absolute Gasteiger partial charge is 0.268 e. The largest absolute Gasteiger partial charge is 0.391 e. The second-order valence-electron chi connectivity index (χ2n) is 5.06. The predicted octanol–water partition coefficient (Wildman–Crippen LogP) is 2.12. The first-order valence-electron chi connectivity index (χ1n) is 7.13. The summed E-state index contributed by atoms with van der Waals surface area (Å²) in [6.45, 7) is 1.35. The number of nitrogens with one attached hydrogen (secondary N) is 2. The maximum absolute atomic E-state index is 12.2. The van der Waals surface area contributed by atoms with Gasteiger partial charge in [0.15, 0.2) is 0 Å². The Balaban J connectivity index is 2.13. The Morgan fingerprint density at radius 1 is 1.17 bits per heavy atom. The van der Waals surface area contributed by atoms with Crippen molar-refractivity contribution in [3.63, 3.8) is 0 Å². The van der Waals surface area contributed by atoms with Crippen molar-refractivity contribution in [1.29, 1.82) is 0 Å². The molecule has 0 aliphatic carbocycles. The lowest BCUT2D eigenvalue weighted by Gasteiger charge is -2.18. The van der Waals surface area contributed by atoms with Crippen molar-refractivity contribution in [3.05, 3.63) is 41.3 Å². The van der Waals surface area contributed by atoms with Gasteiger partial charge in [-0.15, -0.1) is 23.1 Å². The molecular formula is C16H18N2O4S2. The molecule has 0 saturated heterocycles. The molecule has 1 aromatic heterocycles. The van der Waals surface area contributed by atoms with Gasteiger partial charge in [-0.3, -0.25) is 14.8 Å². The van der Waals surface area contributed by atoms with E-state index in [1.807, 2.05) is 36.6 Å². The zero-order valence-electron chi connectivity index (χ0n) is 13.1. The summed E-state index contributed by atoms with van der Waals surface area (Å²) in [7, 11) is 0. The number of hydrogen-bond acceptors (Lipinski definition) is 6. The Morgan fingerprint density at radius 2 is 1.83 bits per heavy atom. The second kappa shape index (κ2) is 8.29. The molecule has 8 heteroatoms. The van der Waals surface area contributed by atoms with Gasteiger partial charge in [0.2, 0.25) is 0 Å². The van der Waals surface area contributed by atoms with E-state index >= 15 is 0 Å². The number of amides is 2. The molecule has 0 saturated carbocycles. The van der Waals surface area contributed by atoms with E-state index in [2.05, 4.69) is 5.32 Å². The van der Waals surface area contributed by atoms with Gasteiger partial charge in [0.25, 0.3) is 11.8 Å². The first-order chi connectivity index (χ1) is 11.5. The van der Waals surface area contributed by atoms with Crippen LogP contribution in [-0.2, 0) is 4.79 Å². The summed E-state index contributed by atoms with van der Waals surface area (Å²) >= 11 is 2.94. The molecule has 2 rings (SSSR count). The van der Waals surface area contributed by atoms with Crippen LogP contribution in [0.15, 0.2) is 41.3 Å². The van der Waals surface area contributed by atoms with E-state index in [0.717, 1.165) is 15.3 Å². The van der Waals surface area contributed by atoms with Gasteiger partial charge in [-0.2, -0.15) is 0 Å². The molecular weight excluding hydrogens is 348 g/mol. The molecule has 2 aromatic rings. The summed E-state index contributed by atoms with van der Waals surface area (Å²) in [5.74, 6) is -1.36. The molecule has 1 heterocycles. The number of aliphatic hydroxyl groups is 1. The Hall–Kier alpha value is -1.87. The summed E-state index contributed by atoms with van der Waals surface area (Å²) in [6.07, 6.45) is 0.864. The van der Waals surface area contributed by atoms with Gasteiger partial charge in [0.1, 0.15) is 6.04 Å². The summed E-state index contributed by atoms with van der Waals surface area (Å²) in [5, 5.41) is 20.6. The zero-order chi connectivity index (χ0) is 17.7. The molecule has 1 aromatic carbocycles. The number of benzene rings is 1. The molecule has 0 unspecified atom stereocenters. The van der Waals surface area contributed by atoms with E-state index in [-0.39, 0.29) is 0 Å². The topological polar surface area (TPSA) is 98.7 Å². The minimum atomic E-state index is -1.23. The van der Waals surface area contributed by atoms with E-state index < -0.39 is 24.0 Å².